The Hall–Kier alpha value is -2.44. The predicted octanol–water partition coefficient (Wildman–Crippen LogP) is 3.46. The molecule has 3 aromatic rings. The second-order valence-electron chi connectivity index (χ2n) is 4.73. The fraction of sp³-hybridized carbons (Fsp3) is 0.286. The molecule has 0 saturated heterocycles. The summed E-state index contributed by atoms with van der Waals surface area (Å²) < 4.78 is 31.4. The summed E-state index contributed by atoms with van der Waals surface area (Å²) in [7, 11) is 0. The molecule has 7 heteroatoms. The van der Waals surface area contributed by atoms with Crippen LogP contribution in [0.25, 0.3) is 11.1 Å². The number of nitrogens with zero attached hydrogens (tertiary/aromatic N) is 3. The van der Waals surface area contributed by atoms with Crippen molar-refractivity contribution in [1.29, 1.82) is 0 Å². The first kappa shape index (κ1) is 13.5. The number of rotatable bonds is 5. The van der Waals surface area contributed by atoms with Gasteiger partial charge < -0.3 is 9.73 Å². The third kappa shape index (κ3) is 3.01. The van der Waals surface area contributed by atoms with Gasteiger partial charge in [0.05, 0.1) is 11.9 Å². The van der Waals surface area contributed by atoms with Crippen LogP contribution in [0.15, 0.2) is 41.1 Å². The van der Waals surface area contributed by atoms with Crippen LogP contribution in [0, 0.1) is 0 Å². The predicted molar refractivity (Wildman–Crippen MR) is 74.3 cm³/mol. The first-order valence-corrected chi connectivity index (χ1v) is 6.54. The van der Waals surface area contributed by atoms with Crippen LogP contribution in [0.2, 0.25) is 0 Å². The van der Waals surface area contributed by atoms with Crippen molar-refractivity contribution in [3.63, 3.8) is 0 Å². The Morgan fingerprint density at radius 3 is 2.90 bits per heavy atom. The minimum Gasteiger partial charge on any atom is -0.438 e. The molecule has 0 fully saturated rings. The summed E-state index contributed by atoms with van der Waals surface area (Å²) in [5, 5.41) is 7.00. The fourth-order valence-corrected chi connectivity index (χ4v) is 2.07. The maximum atomic E-state index is 12.3. The molecule has 3 rings (SSSR count). The minimum absolute atomic E-state index is 0.193. The Bertz CT molecular complexity index is 704. The smallest absolute Gasteiger partial charge is 0.257 e. The topological polar surface area (TPSA) is 55.9 Å². The van der Waals surface area contributed by atoms with Gasteiger partial charge in [-0.2, -0.15) is 5.10 Å². The normalized spacial score (nSPS) is 13.0. The molecule has 0 saturated carbocycles. The summed E-state index contributed by atoms with van der Waals surface area (Å²) in [6.45, 7) is 1.47. The molecule has 0 spiro atoms. The van der Waals surface area contributed by atoms with Crippen molar-refractivity contribution >= 4 is 16.8 Å². The van der Waals surface area contributed by atoms with Crippen LogP contribution in [0.3, 0.4) is 0 Å². The number of alkyl halides is 2. The molecule has 0 bridgehead atoms. The molecule has 1 aromatic carbocycles. The molecular formula is C14H14F2N4O. The zero-order valence-corrected chi connectivity index (χ0v) is 11.3. The molecule has 110 valence electrons. The summed E-state index contributed by atoms with van der Waals surface area (Å²) in [6.07, 6.45) is 0.611. The van der Waals surface area contributed by atoms with Gasteiger partial charge in [0.1, 0.15) is 18.1 Å². The standard InChI is InChI=1S/C14H14F2N4O/c1-9(14-19-11-4-2-3-5-12(11)21-14)18-10-6-17-20(7-10)8-13(15)16/h2-7,9,13,18H,8H2,1H3/t9-/m0/s1. The van der Waals surface area contributed by atoms with Crippen molar-refractivity contribution in [2.75, 3.05) is 5.32 Å². The van der Waals surface area contributed by atoms with E-state index in [1.807, 2.05) is 31.2 Å². The molecule has 1 N–H and O–H groups in total. The van der Waals surface area contributed by atoms with Gasteiger partial charge in [0.15, 0.2) is 5.58 Å². The number of para-hydroxylation sites is 2. The number of nitrogens with one attached hydrogen (secondary N) is 1. The highest BCUT2D eigenvalue weighted by Crippen LogP contribution is 2.22. The number of anilines is 1. The van der Waals surface area contributed by atoms with Crippen molar-refractivity contribution in [2.24, 2.45) is 0 Å². The van der Waals surface area contributed by atoms with E-state index in [0.717, 1.165) is 11.1 Å². The Morgan fingerprint density at radius 2 is 2.14 bits per heavy atom. The lowest BCUT2D eigenvalue weighted by atomic mass is 10.3. The largest absolute Gasteiger partial charge is 0.438 e. The van der Waals surface area contributed by atoms with Crippen molar-refractivity contribution < 1.29 is 13.2 Å². The van der Waals surface area contributed by atoms with Crippen LogP contribution in [0.1, 0.15) is 18.9 Å². The number of aromatic nitrogens is 3. The van der Waals surface area contributed by atoms with E-state index in [-0.39, 0.29) is 6.04 Å². The maximum Gasteiger partial charge on any atom is 0.257 e. The molecule has 0 aliphatic heterocycles. The first-order valence-electron chi connectivity index (χ1n) is 6.54. The van der Waals surface area contributed by atoms with E-state index in [2.05, 4.69) is 15.4 Å². The van der Waals surface area contributed by atoms with E-state index < -0.39 is 13.0 Å². The Labute approximate surface area is 119 Å². The van der Waals surface area contributed by atoms with Gasteiger partial charge in [-0.25, -0.2) is 13.8 Å². The van der Waals surface area contributed by atoms with Gasteiger partial charge in [-0.3, -0.25) is 4.68 Å². The molecule has 0 aliphatic rings. The highest BCUT2D eigenvalue weighted by Gasteiger charge is 2.14. The number of fused-ring (bicyclic) bond motifs is 1. The van der Waals surface area contributed by atoms with E-state index in [1.165, 1.54) is 17.1 Å². The van der Waals surface area contributed by atoms with Crippen LogP contribution in [0.4, 0.5) is 14.5 Å². The first-order chi connectivity index (χ1) is 10.1. The zero-order chi connectivity index (χ0) is 14.8. The average Bonchev–Trinajstić information content (AvgIpc) is 3.04. The zero-order valence-electron chi connectivity index (χ0n) is 11.3. The second-order valence-corrected chi connectivity index (χ2v) is 4.73. The molecule has 21 heavy (non-hydrogen) atoms. The molecule has 0 radical (unpaired) electrons. The molecule has 0 amide bonds. The molecular weight excluding hydrogens is 278 g/mol. The van der Waals surface area contributed by atoms with E-state index in [4.69, 9.17) is 4.42 Å². The second kappa shape index (κ2) is 5.51. The van der Waals surface area contributed by atoms with E-state index in [9.17, 15) is 8.78 Å². The van der Waals surface area contributed by atoms with Crippen LogP contribution in [0.5, 0.6) is 0 Å². The SMILES string of the molecule is C[C@H](Nc1cnn(CC(F)F)c1)c1nc2ccccc2o1. The fourth-order valence-electron chi connectivity index (χ4n) is 2.07. The van der Waals surface area contributed by atoms with Gasteiger partial charge in [0.25, 0.3) is 6.43 Å². The summed E-state index contributed by atoms with van der Waals surface area (Å²) in [4.78, 5) is 4.39. The van der Waals surface area contributed by atoms with E-state index >= 15 is 0 Å². The van der Waals surface area contributed by atoms with Crippen LogP contribution in [-0.4, -0.2) is 21.2 Å². The molecule has 2 aromatic heterocycles. The van der Waals surface area contributed by atoms with Crippen molar-refractivity contribution in [3.05, 3.63) is 42.5 Å². The summed E-state index contributed by atoms with van der Waals surface area (Å²) in [5.74, 6) is 0.540. The molecule has 1 atom stereocenters. The number of hydrogen-bond acceptors (Lipinski definition) is 4. The van der Waals surface area contributed by atoms with Crippen LogP contribution >= 0.6 is 0 Å². The van der Waals surface area contributed by atoms with Gasteiger partial charge in [0, 0.05) is 6.20 Å². The number of halogens is 2. The Balaban J connectivity index is 1.73. The minimum atomic E-state index is -2.42. The Kier molecular flexibility index (Phi) is 3.55. The average molecular weight is 292 g/mol. The molecule has 0 aliphatic carbocycles. The van der Waals surface area contributed by atoms with Gasteiger partial charge in [-0.05, 0) is 19.1 Å². The quantitative estimate of drug-likeness (QED) is 0.782. The van der Waals surface area contributed by atoms with Crippen molar-refractivity contribution in [2.45, 2.75) is 25.9 Å². The Morgan fingerprint density at radius 1 is 1.33 bits per heavy atom. The monoisotopic (exact) mass is 292 g/mol. The highest BCUT2D eigenvalue weighted by molar-refractivity contribution is 5.72. The van der Waals surface area contributed by atoms with Gasteiger partial charge in [-0.1, -0.05) is 12.1 Å². The molecule has 0 unspecified atom stereocenters. The lowest BCUT2D eigenvalue weighted by Gasteiger charge is -2.08. The summed E-state index contributed by atoms with van der Waals surface area (Å²) in [5.41, 5.74) is 2.15. The molecule has 2 heterocycles. The van der Waals surface area contributed by atoms with Crippen molar-refractivity contribution in [1.82, 2.24) is 14.8 Å². The highest BCUT2D eigenvalue weighted by atomic mass is 19.3. The summed E-state index contributed by atoms with van der Waals surface area (Å²) >= 11 is 0. The molecule has 5 nitrogen and oxygen atoms in total. The van der Waals surface area contributed by atoms with Crippen molar-refractivity contribution in [3.8, 4) is 0 Å². The van der Waals surface area contributed by atoms with Gasteiger partial charge in [0.2, 0.25) is 5.89 Å². The van der Waals surface area contributed by atoms with Crippen LogP contribution < -0.4 is 5.32 Å². The van der Waals surface area contributed by atoms with Crippen LogP contribution in [-0.2, 0) is 6.54 Å². The number of oxazole rings is 1. The number of benzene rings is 1. The third-order valence-corrected chi connectivity index (χ3v) is 3.02. The lowest BCUT2D eigenvalue weighted by Crippen LogP contribution is -2.07. The maximum absolute atomic E-state index is 12.3. The lowest BCUT2D eigenvalue weighted by molar-refractivity contribution is 0.122. The van der Waals surface area contributed by atoms with E-state index in [0.29, 0.717) is 11.6 Å². The van der Waals surface area contributed by atoms with E-state index in [1.54, 1.807) is 0 Å². The van der Waals surface area contributed by atoms with Gasteiger partial charge in [-0.15, -0.1) is 0 Å². The third-order valence-electron chi connectivity index (χ3n) is 3.02. The summed E-state index contributed by atoms with van der Waals surface area (Å²) in [6, 6.07) is 7.29. The number of hydrogen-bond donors (Lipinski definition) is 1. The van der Waals surface area contributed by atoms with Gasteiger partial charge >= 0.3 is 0 Å².